The molecule has 0 bridgehead atoms. The lowest BCUT2D eigenvalue weighted by Gasteiger charge is -2.41. The minimum absolute atomic E-state index is 0.0190. The molecule has 6 nitrogen and oxygen atoms in total. The zero-order valence-electron chi connectivity index (χ0n) is 15.5. The standard InChI is InChI=1S/C19H27N5O/c1-5-8-9-15-13-24-19(21-15)17(10-18(25)22(24)4)23-12-14(6-2)20-11-16(23)7-3/h10,13-14,16,20H,6-7,9,11-12H2,1-4H3/t14-,16+/m1/s1. The number of imidazole rings is 1. The number of piperazine rings is 1. The van der Waals surface area contributed by atoms with E-state index in [9.17, 15) is 4.79 Å². The molecule has 2 aromatic heterocycles. The molecule has 0 radical (unpaired) electrons. The van der Waals surface area contributed by atoms with Crippen LogP contribution in [-0.4, -0.2) is 39.4 Å². The topological polar surface area (TPSA) is 54.6 Å². The van der Waals surface area contributed by atoms with E-state index in [1.54, 1.807) is 17.8 Å². The van der Waals surface area contributed by atoms with E-state index < -0.39 is 0 Å². The van der Waals surface area contributed by atoms with Gasteiger partial charge in [-0.05, 0) is 19.8 Å². The molecule has 3 heterocycles. The Morgan fingerprint density at radius 2 is 2.16 bits per heavy atom. The van der Waals surface area contributed by atoms with Gasteiger partial charge in [0.2, 0.25) is 0 Å². The van der Waals surface area contributed by atoms with Crippen LogP contribution in [0.4, 0.5) is 5.69 Å². The molecule has 3 rings (SSSR count). The van der Waals surface area contributed by atoms with E-state index in [-0.39, 0.29) is 5.56 Å². The lowest BCUT2D eigenvalue weighted by Crippen LogP contribution is -2.56. The monoisotopic (exact) mass is 341 g/mol. The Hall–Kier alpha value is -2.26. The van der Waals surface area contributed by atoms with Crippen LogP contribution in [0.2, 0.25) is 0 Å². The highest BCUT2D eigenvalue weighted by molar-refractivity contribution is 5.69. The molecule has 2 aromatic rings. The van der Waals surface area contributed by atoms with Gasteiger partial charge in [-0.3, -0.25) is 4.79 Å². The molecule has 1 aliphatic heterocycles. The first kappa shape index (κ1) is 17.6. The van der Waals surface area contributed by atoms with Gasteiger partial charge in [-0.1, -0.05) is 19.8 Å². The molecule has 2 atom stereocenters. The van der Waals surface area contributed by atoms with Crippen LogP contribution in [0.1, 0.15) is 39.3 Å². The third kappa shape index (κ3) is 3.29. The predicted molar refractivity (Wildman–Crippen MR) is 101 cm³/mol. The van der Waals surface area contributed by atoms with Crippen LogP contribution in [0.3, 0.4) is 0 Å². The van der Waals surface area contributed by atoms with Crippen molar-refractivity contribution in [3.8, 4) is 11.8 Å². The van der Waals surface area contributed by atoms with Crippen molar-refractivity contribution >= 4 is 11.3 Å². The molecule has 0 amide bonds. The van der Waals surface area contributed by atoms with Crippen molar-refractivity contribution in [3.63, 3.8) is 0 Å². The average molecular weight is 341 g/mol. The largest absolute Gasteiger partial charge is 0.363 e. The van der Waals surface area contributed by atoms with Gasteiger partial charge in [0, 0.05) is 38.3 Å². The number of nitrogens with zero attached hydrogens (tertiary/aromatic N) is 4. The number of hydrogen-bond donors (Lipinski definition) is 1. The Labute approximate surface area is 148 Å². The Morgan fingerprint density at radius 3 is 2.84 bits per heavy atom. The second kappa shape index (κ2) is 7.32. The molecule has 0 aliphatic carbocycles. The van der Waals surface area contributed by atoms with Crippen LogP contribution in [0.5, 0.6) is 0 Å². The third-order valence-electron chi connectivity index (χ3n) is 5.09. The van der Waals surface area contributed by atoms with Gasteiger partial charge >= 0.3 is 0 Å². The fourth-order valence-corrected chi connectivity index (χ4v) is 3.48. The molecule has 1 N–H and O–H groups in total. The number of hydrogen-bond acceptors (Lipinski definition) is 4. The summed E-state index contributed by atoms with van der Waals surface area (Å²) in [4.78, 5) is 19.7. The summed E-state index contributed by atoms with van der Waals surface area (Å²) >= 11 is 0. The molecular formula is C19H27N5O. The highest BCUT2D eigenvalue weighted by Gasteiger charge is 2.28. The van der Waals surface area contributed by atoms with Gasteiger partial charge in [0.1, 0.15) is 0 Å². The number of anilines is 1. The first-order valence-corrected chi connectivity index (χ1v) is 9.06. The maximum Gasteiger partial charge on any atom is 0.267 e. The fourth-order valence-electron chi connectivity index (χ4n) is 3.48. The summed E-state index contributed by atoms with van der Waals surface area (Å²) in [5, 5.41) is 3.61. The molecule has 25 heavy (non-hydrogen) atoms. The normalized spacial score (nSPS) is 20.6. The van der Waals surface area contributed by atoms with E-state index in [1.165, 1.54) is 0 Å². The van der Waals surface area contributed by atoms with Crippen LogP contribution in [0.15, 0.2) is 17.1 Å². The first-order valence-electron chi connectivity index (χ1n) is 9.06. The van der Waals surface area contributed by atoms with Gasteiger partial charge in [0.15, 0.2) is 5.65 Å². The van der Waals surface area contributed by atoms with E-state index in [1.807, 2.05) is 17.6 Å². The van der Waals surface area contributed by atoms with Crippen molar-refractivity contribution in [1.82, 2.24) is 19.5 Å². The van der Waals surface area contributed by atoms with Crippen molar-refractivity contribution in [2.24, 2.45) is 7.05 Å². The van der Waals surface area contributed by atoms with Crippen LogP contribution in [0, 0.1) is 11.8 Å². The second-order valence-electron chi connectivity index (χ2n) is 6.62. The number of aromatic nitrogens is 3. The molecule has 0 aromatic carbocycles. The third-order valence-corrected chi connectivity index (χ3v) is 5.09. The number of nitrogens with one attached hydrogen (secondary N) is 1. The van der Waals surface area contributed by atoms with E-state index in [0.717, 1.165) is 43.0 Å². The van der Waals surface area contributed by atoms with Gasteiger partial charge in [-0.2, -0.15) is 0 Å². The van der Waals surface area contributed by atoms with Crippen LogP contribution >= 0.6 is 0 Å². The summed E-state index contributed by atoms with van der Waals surface area (Å²) in [5.41, 5.74) is 2.65. The maximum atomic E-state index is 12.5. The van der Waals surface area contributed by atoms with Crippen molar-refractivity contribution in [2.45, 2.75) is 52.1 Å². The molecule has 0 saturated carbocycles. The van der Waals surface area contributed by atoms with Crippen molar-refractivity contribution in [3.05, 3.63) is 28.3 Å². The van der Waals surface area contributed by atoms with Crippen molar-refractivity contribution < 1.29 is 0 Å². The van der Waals surface area contributed by atoms with Gasteiger partial charge in [-0.25, -0.2) is 14.2 Å². The Bertz CT molecular complexity index is 870. The van der Waals surface area contributed by atoms with Crippen molar-refractivity contribution in [2.75, 3.05) is 18.0 Å². The summed E-state index contributed by atoms with van der Waals surface area (Å²) in [6.45, 7) is 8.05. The van der Waals surface area contributed by atoms with Gasteiger partial charge < -0.3 is 10.2 Å². The highest BCUT2D eigenvalue weighted by Crippen LogP contribution is 2.25. The minimum Gasteiger partial charge on any atom is -0.363 e. The smallest absolute Gasteiger partial charge is 0.267 e. The summed E-state index contributed by atoms with van der Waals surface area (Å²) in [5.74, 6) is 5.97. The van der Waals surface area contributed by atoms with Gasteiger partial charge in [0.05, 0.1) is 24.0 Å². The lowest BCUT2D eigenvalue weighted by molar-refractivity contribution is 0.378. The van der Waals surface area contributed by atoms with E-state index in [2.05, 4.69) is 35.9 Å². The molecule has 0 spiro atoms. The highest BCUT2D eigenvalue weighted by atomic mass is 16.1. The quantitative estimate of drug-likeness (QED) is 0.858. The van der Waals surface area contributed by atoms with Gasteiger partial charge in [0.25, 0.3) is 5.56 Å². The summed E-state index contributed by atoms with van der Waals surface area (Å²) < 4.78 is 3.47. The SMILES string of the molecule is CC#CCc1cn2c(n1)c(N1C[C@@H](CC)NC[C@@H]1CC)cc(=O)n2C. The summed E-state index contributed by atoms with van der Waals surface area (Å²) in [7, 11) is 1.78. The second-order valence-corrected chi connectivity index (χ2v) is 6.62. The Balaban J connectivity index is 2.12. The van der Waals surface area contributed by atoms with Crippen LogP contribution in [0.25, 0.3) is 5.65 Å². The number of aryl methyl sites for hydroxylation is 1. The molecule has 6 heteroatoms. The van der Waals surface area contributed by atoms with Gasteiger partial charge in [-0.15, -0.1) is 5.92 Å². The molecule has 1 aliphatic rings. The van der Waals surface area contributed by atoms with E-state index >= 15 is 0 Å². The Morgan fingerprint density at radius 1 is 1.36 bits per heavy atom. The minimum atomic E-state index is -0.0190. The molecule has 0 unspecified atom stereocenters. The lowest BCUT2D eigenvalue weighted by atomic mass is 10.0. The van der Waals surface area contributed by atoms with Crippen molar-refractivity contribution in [1.29, 1.82) is 0 Å². The molecule has 1 fully saturated rings. The fraction of sp³-hybridized carbons (Fsp3) is 0.579. The Kier molecular flexibility index (Phi) is 5.14. The molecule has 134 valence electrons. The number of fused-ring (bicyclic) bond motifs is 1. The predicted octanol–water partition coefficient (Wildman–Crippen LogP) is 1.57. The zero-order chi connectivity index (χ0) is 18.0. The maximum absolute atomic E-state index is 12.5. The zero-order valence-corrected chi connectivity index (χ0v) is 15.5. The van der Waals surface area contributed by atoms with E-state index in [4.69, 9.17) is 4.98 Å². The van der Waals surface area contributed by atoms with Crippen LogP contribution in [-0.2, 0) is 13.5 Å². The molecular weight excluding hydrogens is 314 g/mol. The number of rotatable bonds is 4. The summed E-state index contributed by atoms with van der Waals surface area (Å²) in [6, 6.07) is 2.54. The average Bonchev–Trinajstić information content (AvgIpc) is 3.07. The van der Waals surface area contributed by atoms with E-state index in [0.29, 0.717) is 18.5 Å². The first-order chi connectivity index (χ1) is 12.1. The van der Waals surface area contributed by atoms with Crippen LogP contribution < -0.4 is 15.8 Å². The summed E-state index contributed by atoms with van der Waals surface area (Å²) in [6.07, 6.45) is 4.62. The molecule has 1 saturated heterocycles.